The first kappa shape index (κ1) is 16.0. The first-order valence-electron chi connectivity index (χ1n) is 7.65. The summed E-state index contributed by atoms with van der Waals surface area (Å²) >= 11 is 0. The fourth-order valence-corrected chi connectivity index (χ4v) is 2.78. The Morgan fingerprint density at radius 3 is 2.62 bits per heavy atom. The summed E-state index contributed by atoms with van der Waals surface area (Å²) in [6, 6.07) is 4.25. The first-order chi connectivity index (χ1) is 9.90. The highest BCUT2D eigenvalue weighted by Gasteiger charge is 2.26. The van der Waals surface area contributed by atoms with Gasteiger partial charge in [-0.05, 0) is 45.7 Å². The van der Waals surface area contributed by atoms with Crippen LogP contribution in [-0.4, -0.2) is 47.6 Å². The average Bonchev–Trinajstić information content (AvgIpc) is 2.92. The minimum Gasteiger partial charge on any atom is -0.464 e. The molecule has 0 unspecified atom stereocenters. The van der Waals surface area contributed by atoms with E-state index in [-0.39, 0.29) is 11.5 Å². The summed E-state index contributed by atoms with van der Waals surface area (Å²) in [5.41, 5.74) is 1.80. The van der Waals surface area contributed by atoms with Crippen LogP contribution in [0.2, 0.25) is 0 Å². The average molecular weight is 293 g/mol. The van der Waals surface area contributed by atoms with E-state index >= 15 is 0 Å². The van der Waals surface area contributed by atoms with Gasteiger partial charge in [-0.25, -0.2) is 4.79 Å². The van der Waals surface area contributed by atoms with Crippen molar-refractivity contribution in [2.75, 3.05) is 20.2 Å². The standard InChI is InChI=1S/C16H27N3O2/c1-16(2,3)19-9-7-12(8-10-19)17-11-13-5-6-14(18-13)15(20)21-4/h5-6,12,17-18H,7-11H2,1-4H3. The third kappa shape index (κ3) is 4.32. The maximum Gasteiger partial charge on any atom is 0.354 e. The maximum atomic E-state index is 11.4. The topological polar surface area (TPSA) is 57.4 Å². The van der Waals surface area contributed by atoms with Crippen LogP contribution in [0.5, 0.6) is 0 Å². The Bertz CT molecular complexity index is 468. The van der Waals surface area contributed by atoms with Crippen molar-refractivity contribution < 1.29 is 9.53 Å². The maximum absolute atomic E-state index is 11.4. The number of H-pyrrole nitrogens is 1. The lowest BCUT2D eigenvalue weighted by Crippen LogP contribution is -2.49. The van der Waals surface area contributed by atoms with E-state index in [1.54, 1.807) is 6.07 Å². The number of likely N-dealkylation sites (tertiary alicyclic amines) is 1. The van der Waals surface area contributed by atoms with Crippen molar-refractivity contribution in [3.63, 3.8) is 0 Å². The zero-order valence-corrected chi connectivity index (χ0v) is 13.5. The van der Waals surface area contributed by atoms with E-state index in [1.807, 2.05) is 6.07 Å². The van der Waals surface area contributed by atoms with Crippen LogP contribution in [0.1, 0.15) is 49.8 Å². The fraction of sp³-hybridized carbons (Fsp3) is 0.688. The van der Waals surface area contributed by atoms with E-state index < -0.39 is 0 Å². The molecule has 1 aromatic rings. The van der Waals surface area contributed by atoms with Gasteiger partial charge >= 0.3 is 5.97 Å². The van der Waals surface area contributed by atoms with Crippen molar-refractivity contribution >= 4 is 5.97 Å². The van der Waals surface area contributed by atoms with E-state index in [2.05, 4.69) is 36.0 Å². The fourth-order valence-electron chi connectivity index (χ4n) is 2.78. The Morgan fingerprint density at radius 2 is 2.05 bits per heavy atom. The van der Waals surface area contributed by atoms with Gasteiger partial charge in [-0.1, -0.05) is 0 Å². The summed E-state index contributed by atoms with van der Waals surface area (Å²) < 4.78 is 4.69. The van der Waals surface area contributed by atoms with E-state index in [9.17, 15) is 4.79 Å². The van der Waals surface area contributed by atoms with E-state index in [4.69, 9.17) is 4.74 Å². The second-order valence-corrected chi connectivity index (χ2v) is 6.70. The normalized spacial score (nSPS) is 17.9. The lowest BCUT2D eigenvalue weighted by molar-refractivity contribution is 0.0594. The van der Waals surface area contributed by atoms with Crippen molar-refractivity contribution in [2.24, 2.45) is 0 Å². The molecule has 5 nitrogen and oxygen atoms in total. The molecule has 2 rings (SSSR count). The van der Waals surface area contributed by atoms with Crippen LogP contribution in [-0.2, 0) is 11.3 Å². The van der Waals surface area contributed by atoms with Crippen molar-refractivity contribution in [3.05, 3.63) is 23.5 Å². The number of hydrogen-bond acceptors (Lipinski definition) is 4. The summed E-state index contributed by atoms with van der Waals surface area (Å²) in [4.78, 5) is 17.0. The molecule has 5 heteroatoms. The highest BCUT2D eigenvalue weighted by Crippen LogP contribution is 2.20. The van der Waals surface area contributed by atoms with Crippen molar-refractivity contribution in [1.29, 1.82) is 0 Å². The van der Waals surface area contributed by atoms with Crippen LogP contribution < -0.4 is 5.32 Å². The molecule has 1 aliphatic heterocycles. The monoisotopic (exact) mass is 293 g/mol. The zero-order valence-electron chi connectivity index (χ0n) is 13.5. The van der Waals surface area contributed by atoms with Crippen LogP contribution in [0.25, 0.3) is 0 Å². The third-order valence-corrected chi connectivity index (χ3v) is 4.18. The highest BCUT2D eigenvalue weighted by molar-refractivity contribution is 5.87. The minimum absolute atomic E-state index is 0.264. The number of aromatic amines is 1. The van der Waals surface area contributed by atoms with Crippen LogP contribution >= 0.6 is 0 Å². The number of esters is 1. The predicted molar refractivity (Wildman–Crippen MR) is 83.3 cm³/mol. The Morgan fingerprint density at radius 1 is 1.38 bits per heavy atom. The highest BCUT2D eigenvalue weighted by atomic mass is 16.5. The number of piperidine rings is 1. The van der Waals surface area contributed by atoms with E-state index in [1.165, 1.54) is 20.0 Å². The molecule has 0 radical (unpaired) electrons. The summed E-state index contributed by atoms with van der Waals surface area (Å²) in [5.74, 6) is -0.320. The molecule has 0 spiro atoms. The molecular weight excluding hydrogens is 266 g/mol. The van der Waals surface area contributed by atoms with Gasteiger partial charge in [0.15, 0.2) is 0 Å². The number of hydrogen-bond donors (Lipinski definition) is 2. The molecule has 2 heterocycles. The molecule has 0 bridgehead atoms. The summed E-state index contributed by atoms with van der Waals surface area (Å²) in [7, 11) is 1.39. The van der Waals surface area contributed by atoms with Gasteiger partial charge < -0.3 is 15.0 Å². The SMILES string of the molecule is COC(=O)c1ccc(CNC2CCN(C(C)(C)C)CC2)[nH]1. The van der Waals surface area contributed by atoms with E-state index in [0.29, 0.717) is 11.7 Å². The van der Waals surface area contributed by atoms with Gasteiger partial charge in [0.05, 0.1) is 7.11 Å². The van der Waals surface area contributed by atoms with Crippen LogP contribution in [0, 0.1) is 0 Å². The largest absolute Gasteiger partial charge is 0.464 e. The van der Waals surface area contributed by atoms with Gasteiger partial charge in [0.2, 0.25) is 0 Å². The third-order valence-electron chi connectivity index (χ3n) is 4.18. The Hall–Kier alpha value is -1.33. The number of carbonyl (C=O) groups excluding carboxylic acids is 1. The molecule has 1 fully saturated rings. The van der Waals surface area contributed by atoms with Crippen LogP contribution in [0.15, 0.2) is 12.1 Å². The Balaban J connectivity index is 1.77. The molecule has 0 aromatic carbocycles. The number of nitrogens with zero attached hydrogens (tertiary/aromatic N) is 1. The van der Waals surface area contributed by atoms with Crippen LogP contribution in [0.3, 0.4) is 0 Å². The summed E-state index contributed by atoms with van der Waals surface area (Å²) in [5, 5.41) is 3.57. The number of nitrogens with one attached hydrogen (secondary N) is 2. The van der Waals surface area contributed by atoms with Gasteiger partial charge in [0.25, 0.3) is 0 Å². The summed E-state index contributed by atoms with van der Waals surface area (Å²) in [6.07, 6.45) is 2.34. The molecular formula is C16H27N3O2. The number of carbonyl (C=O) groups is 1. The smallest absolute Gasteiger partial charge is 0.354 e. The molecule has 1 saturated heterocycles. The van der Waals surface area contributed by atoms with Crippen molar-refractivity contribution in [1.82, 2.24) is 15.2 Å². The zero-order chi connectivity index (χ0) is 15.5. The lowest BCUT2D eigenvalue weighted by atomic mass is 9.98. The van der Waals surface area contributed by atoms with Gasteiger partial charge in [0, 0.05) is 36.9 Å². The number of rotatable bonds is 4. The molecule has 1 aromatic heterocycles. The van der Waals surface area contributed by atoms with Gasteiger partial charge in [-0.3, -0.25) is 4.90 Å². The van der Waals surface area contributed by atoms with E-state index in [0.717, 1.165) is 25.3 Å². The number of aromatic nitrogens is 1. The molecule has 118 valence electrons. The number of ether oxygens (including phenoxy) is 1. The van der Waals surface area contributed by atoms with Gasteiger partial charge in [-0.2, -0.15) is 0 Å². The lowest BCUT2D eigenvalue weighted by Gasteiger charge is -2.41. The molecule has 21 heavy (non-hydrogen) atoms. The quantitative estimate of drug-likeness (QED) is 0.835. The molecule has 1 aliphatic rings. The Kier molecular flexibility index (Phi) is 5.06. The second-order valence-electron chi connectivity index (χ2n) is 6.70. The van der Waals surface area contributed by atoms with Crippen LogP contribution in [0.4, 0.5) is 0 Å². The second kappa shape index (κ2) is 6.62. The van der Waals surface area contributed by atoms with Gasteiger partial charge in [-0.15, -0.1) is 0 Å². The predicted octanol–water partition coefficient (Wildman–Crippen LogP) is 2.15. The Labute approximate surface area is 127 Å². The first-order valence-corrected chi connectivity index (χ1v) is 7.65. The molecule has 0 amide bonds. The molecule has 0 atom stereocenters. The van der Waals surface area contributed by atoms with Gasteiger partial charge in [0.1, 0.15) is 5.69 Å². The molecule has 2 N–H and O–H groups in total. The molecule has 0 saturated carbocycles. The number of methoxy groups -OCH3 is 1. The minimum atomic E-state index is -0.320. The van der Waals surface area contributed by atoms with Crippen molar-refractivity contribution in [2.45, 2.75) is 51.7 Å². The van der Waals surface area contributed by atoms with Crippen molar-refractivity contribution in [3.8, 4) is 0 Å². The molecule has 0 aliphatic carbocycles. The summed E-state index contributed by atoms with van der Waals surface area (Å²) in [6.45, 7) is 9.85.